The van der Waals surface area contributed by atoms with Gasteiger partial charge in [-0.1, -0.05) is 42.1 Å². The van der Waals surface area contributed by atoms with Gasteiger partial charge in [-0.25, -0.2) is 0 Å². The number of anilines is 6. The fraction of sp³-hybridized carbons (Fsp3) is 0.239. The van der Waals surface area contributed by atoms with Gasteiger partial charge in [0.1, 0.15) is 22.9 Å². The molecule has 0 spiro atoms. The van der Waals surface area contributed by atoms with E-state index in [4.69, 9.17) is 24.4 Å². The first-order chi connectivity index (χ1) is 34.6. The topological polar surface area (TPSA) is 272 Å². The predicted molar refractivity (Wildman–Crippen MR) is 283 cm³/mol. The zero-order valence-electron chi connectivity index (χ0n) is 39.5. The molecule has 8 rings (SSSR count). The molecule has 8 aromatic rings. The monoisotopic (exact) mass is 1070 g/mol. The lowest BCUT2D eigenvalue weighted by Crippen LogP contribution is -2.22. The van der Waals surface area contributed by atoms with Gasteiger partial charge in [0.05, 0.1) is 57.8 Å². The van der Waals surface area contributed by atoms with E-state index in [9.17, 15) is 25.9 Å². The van der Waals surface area contributed by atoms with Crippen molar-refractivity contribution in [3.8, 4) is 11.5 Å². The molecule has 26 heteroatoms. The van der Waals surface area contributed by atoms with Crippen LogP contribution >= 0.6 is 34.8 Å². The second-order valence-corrected chi connectivity index (χ2v) is 20.7. The van der Waals surface area contributed by atoms with Crippen LogP contribution in [0.4, 0.5) is 56.0 Å². The standard InChI is InChI=1S/C46H47N13O8S5/c1-7-58(8-2)38-22-34(36(24-40(38)66-5)52-54-42-30-18-16-28(71(60,61)62)20-32(30)56-69-42)47-44-49-45(51-46(50-44)68-26-27-14-12-11-13-15-27)48-35-23-39(59(9-3)10-4)41(67-6)25-37(35)53-55-43-31-19-17-29(72(63,64)65)21-33(31)57-70-43/h11-25H,7-10,26H2,1-6H3,(H,60,61,62)(H,63,64,65)(H2,47,48,49,50,51). The van der Waals surface area contributed by atoms with E-state index in [1.165, 1.54) is 48.2 Å². The third kappa shape index (κ3) is 11.7. The van der Waals surface area contributed by atoms with Crippen molar-refractivity contribution in [2.24, 2.45) is 20.5 Å². The maximum Gasteiger partial charge on any atom is 0.294 e. The molecule has 72 heavy (non-hydrogen) atoms. The van der Waals surface area contributed by atoms with Crippen molar-refractivity contribution in [1.29, 1.82) is 0 Å². The number of methoxy groups -OCH3 is 2. The lowest BCUT2D eigenvalue weighted by Gasteiger charge is -2.25. The van der Waals surface area contributed by atoms with Crippen LogP contribution in [0, 0.1) is 0 Å². The predicted octanol–water partition coefficient (Wildman–Crippen LogP) is 11.9. The van der Waals surface area contributed by atoms with Gasteiger partial charge < -0.3 is 29.9 Å². The third-order valence-corrected chi connectivity index (χ3v) is 15.2. The number of ether oxygens (including phenoxy) is 2. The highest BCUT2D eigenvalue weighted by Crippen LogP contribution is 2.44. The van der Waals surface area contributed by atoms with Crippen LogP contribution in [0.25, 0.3) is 21.8 Å². The highest BCUT2D eigenvalue weighted by molar-refractivity contribution is 7.98. The molecule has 21 nitrogen and oxygen atoms in total. The van der Waals surface area contributed by atoms with Gasteiger partial charge in [0.25, 0.3) is 20.2 Å². The molecule has 0 aliphatic heterocycles. The van der Waals surface area contributed by atoms with E-state index in [0.717, 1.165) is 40.0 Å². The summed E-state index contributed by atoms with van der Waals surface area (Å²) in [5.41, 5.74) is 4.83. The molecule has 0 bridgehead atoms. The van der Waals surface area contributed by atoms with Gasteiger partial charge in [0, 0.05) is 54.8 Å². The van der Waals surface area contributed by atoms with Crippen molar-refractivity contribution >= 4 is 133 Å². The number of thioether (sulfide) groups is 1. The molecule has 0 saturated heterocycles. The van der Waals surface area contributed by atoms with Crippen molar-refractivity contribution in [1.82, 2.24) is 23.7 Å². The van der Waals surface area contributed by atoms with E-state index < -0.39 is 20.2 Å². The first-order valence-corrected chi connectivity index (χ1v) is 27.5. The largest absolute Gasteiger partial charge is 0.494 e. The molecule has 374 valence electrons. The van der Waals surface area contributed by atoms with Gasteiger partial charge in [-0.3, -0.25) is 9.11 Å². The Labute approximate surface area is 427 Å². The fourth-order valence-electron chi connectivity index (χ4n) is 7.41. The van der Waals surface area contributed by atoms with Gasteiger partial charge in [0.2, 0.25) is 11.9 Å². The number of fused-ring (bicyclic) bond motifs is 2. The summed E-state index contributed by atoms with van der Waals surface area (Å²) < 4.78 is 87.0. The highest BCUT2D eigenvalue weighted by Gasteiger charge is 2.21. The van der Waals surface area contributed by atoms with Gasteiger partial charge in [-0.2, -0.15) is 40.5 Å². The first-order valence-electron chi connectivity index (χ1n) is 22.1. The number of nitrogens with one attached hydrogen (secondary N) is 2. The second kappa shape index (κ2) is 22.2. The number of nitrogens with zero attached hydrogens (tertiary/aromatic N) is 11. The van der Waals surface area contributed by atoms with E-state index >= 15 is 0 Å². The number of rotatable bonds is 21. The summed E-state index contributed by atoms with van der Waals surface area (Å²) in [6.45, 7) is 10.8. The molecule has 0 aliphatic carbocycles. The summed E-state index contributed by atoms with van der Waals surface area (Å²) in [5, 5.41) is 27.4. The molecule has 3 heterocycles. The average Bonchev–Trinajstić information content (AvgIpc) is 3.98. The lowest BCUT2D eigenvalue weighted by atomic mass is 10.2. The molecule has 0 saturated carbocycles. The van der Waals surface area contributed by atoms with Gasteiger partial charge in [-0.15, -0.1) is 20.5 Å². The summed E-state index contributed by atoms with van der Waals surface area (Å²) >= 11 is 3.42. The lowest BCUT2D eigenvalue weighted by molar-refractivity contribution is 0.414. The Morgan fingerprint density at radius 2 is 1.04 bits per heavy atom. The van der Waals surface area contributed by atoms with E-state index in [-0.39, 0.29) is 21.7 Å². The Bertz CT molecular complexity index is 3340. The third-order valence-electron chi connectivity index (χ3n) is 11.1. The van der Waals surface area contributed by atoms with Crippen LogP contribution in [-0.4, -0.2) is 90.0 Å². The second-order valence-electron chi connectivity index (χ2n) is 15.4. The summed E-state index contributed by atoms with van der Waals surface area (Å²) in [5.74, 6) is 1.90. The highest BCUT2D eigenvalue weighted by atomic mass is 32.2. The Morgan fingerprint density at radius 3 is 1.44 bits per heavy atom. The van der Waals surface area contributed by atoms with E-state index in [1.54, 1.807) is 26.4 Å². The Morgan fingerprint density at radius 1 is 0.597 bits per heavy atom. The molecular weight excluding hydrogens is 1020 g/mol. The minimum Gasteiger partial charge on any atom is -0.494 e. The number of hydrogen-bond acceptors (Lipinski definition) is 22. The van der Waals surface area contributed by atoms with Crippen LogP contribution in [0.15, 0.2) is 126 Å². The van der Waals surface area contributed by atoms with Crippen molar-refractivity contribution < 1.29 is 35.4 Å². The molecule has 5 aromatic carbocycles. The summed E-state index contributed by atoms with van der Waals surface area (Å²) in [7, 11) is -5.77. The minimum absolute atomic E-state index is 0.150. The molecule has 0 amide bonds. The van der Waals surface area contributed by atoms with Crippen LogP contribution in [0.5, 0.6) is 11.5 Å². The summed E-state index contributed by atoms with van der Waals surface area (Å²) in [4.78, 5) is 18.3. The minimum atomic E-state index is -4.45. The zero-order chi connectivity index (χ0) is 51.2. The zero-order valence-corrected chi connectivity index (χ0v) is 43.6. The molecule has 0 aliphatic rings. The molecule has 0 unspecified atom stereocenters. The molecule has 0 fully saturated rings. The molecule has 4 N–H and O–H groups in total. The van der Waals surface area contributed by atoms with Gasteiger partial charge in [-0.05, 0) is 105 Å². The summed E-state index contributed by atoms with van der Waals surface area (Å²) in [6, 6.07) is 25.3. The van der Waals surface area contributed by atoms with Crippen LogP contribution in [0.2, 0.25) is 0 Å². The number of benzene rings is 5. The summed E-state index contributed by atoms with van der Waals surface area (Å²) in [6.07, 6.45) is 0. The maximum atomic E-state index is 11.8. The van der Waals surface area contributed by atoms with E-state index in [2.05, 4.69) is 49.6 Å². The van der Waals surface area contributed by atoms with Crippen LogP contribution in [0.3, 0.4) is 0 Å². The maximum absolute atomic E-state index is 11.8. The number of azo groups is 2. The number of aromatic nitrogens is 5. The van der Waals surface area contributed by atoms with Crippen LogP contribution in [-0.2, 0) is 26.0 Å². The van der Waals surface area contributed by atoms with E-state index in [0.29, 0.717) is 103 Å². The smallest absolute Gasteiger partial charge is 0.294 e. The van der Waals surface area contributed by atoms with Crippen molar-refractivity contribution in [3.05, 3.63) is 96.6 Å². The van der Waals surface area contributed by atoms with E-state index in [1.807, 2.05) is 70.2 Å². The normalized spacial score (nSPS) is 12.1. The number of hydrogen-bond donors (Lipinski definition) is 4. The first kappa shape index (κ1) is 51.4. The van der Waals surface area contributed by atoms with Gasteiger partial charge >= 0.3 is 0 Å². The Hall–Kier alpha value is -6.94. The molecular formula is C46H47N13O8S5. The molecule has 0 radical (unpaired) electrons. The van der Waals surface area contributed by atoms with Crippen LogP contribution in [0.1, 0.15) is 33.3 Å². The van der Waals surface area contributed by atoms with Crippen LogP contribution < -0.4 is 29.9 Å². The van der Waals surface area contributed by atoms with Gasteiger partial charge in [0.15, 0.2) is 15.2 Å². The van der Waals surface area contributed by atoms with Crippen molar-refractivity contribution in [2.45, 2.75) is 48.4 Å². The van der Waals surface area contributed by atoms with Crippen molar-refractivity contribution in [2.75, 3.05) is 60.8 Å². The van der Waals surface area contributed by atoms with Crippen molar-refractivity contribution in [3.63, 3.8) is 0 Å². The Kier molecular flexibility index (Phi) is 15.9. The SMILES string of the molecule is CCN(CC)c1cc(Nc2nc(Nc3cc(N(CC)CC)c(OC)cc3N=Nc3snc4cc(S(=O)(=O)O)ccc34)nc(SCc3ccccc3)n2)c(N=Nc2snc3cc(S(=O)(=O)O)ccc23)cc1OC. The Balaban J connectivity index is 1.23. The molecule has 0 atom stereocenters. The molecule has 3 aromatic heterocycles. The average molecular weight is 1070 g/mol. The quantitative estimate of drug-likeness (QED) is 0.0296. The fourth-order valence-corrected chi connectivity index (χ4v) is 10.6.